The average molecular weight is 418 g/mol. The number of ether oxygens (including phenoxy) is 3. The number of imidazole rings is 1. The molecule has 0 bridgehead atoms. The van der Waals surface area contributed by atoms with Crippen LogP contribution in [-0.2, 0) is 4.79 Å². The van der Waals surface area contributed by atoms with Gasteiger partial charge in [0.15, 0.2) is 17.1 Å². The Hall–Kier alpha value is -4.07. The summed E-state index contributed by atoms with van der Waals surface area (Å²) < 4.78 is 18.3. The molecule has 0 spiro atoms. The summed E-state index contributed by atoms with van der Waals surface area (Å²) in [6, 6.07) is 11.3. The molecule has 0 atom stereocenters. The Morgan fingerprint density at radius 1 is 0.935 bits per heavy atom. The van der Waals surface area contributed by atoms with Crippen molar-refractivity contribution in [3.05, 3.63) is 55.0 Å². The third-order valence-corrected chi connectivity index (χ3v) is 4.84. The Morgan fingerprint density at radius 2 is 1.68 bits per heavy atom. The molecule has 4 rings (SSSR count). The van der Waals surface area contributed by atoms with Gasteiger partial charge >= 0.3 is 0 Å². The normalized spacial score (nSPS) is 10.7. The molecule has 0 radical (unpaired) electrons. The highest BCUT2D eigenvalue weighted by Gasteiger charge is 2.17. The van der Waals surface area contributed by atoms with E-state index in [9.17, 15) is 4.79 Å². The van der Waals surface area contributed by atoms with Gasteiger partial charge in [0.2, 0.25) is 11.7 Å². The fourth-order valence-electron chi connectivity index (χ4n) is 3.44. The van der Waals surface area contributed by atoms with Gasteiger partial charge in [-0.1, -0.05) is 12.1 Å². The molecule has 2 heterocycles. The van der Waals surface area contributed by atoms with Crippen LogP contribution in [0.3, 0.4) is 0 Å². The lowest BCUT2D eigenvalue weighted by atomic mass is 10.1. The Labute approximate surface area is 179 Å². The van der Waals surface area contributed by atoms with Crippen LogP contribution in [-0.4, -0.2) is 41.6 Å². The standard InChI is InChI=1S/C23H22N4O4/c1-14(28)26-17-7-5-6-15(8-17)18-13-27-19(11-25-22(27)12-24-18)16-9-20(29-2)23(31-4)21(10-16)30-3/h5-13H,1-4H3,(H,26,28). The monoisotopic (exact) mass is 418 g/mol. The lowest BCUT2D eigenvalue weighted by Gasteiger charge is -2.14. The Balaban J connectivity index is 1.83. The summed E-state index contributed by atoms with van der Waals surface area (Å²) in [6.07, 6.45) is 5.39. The van der Waals surface area contributed by atoms with Crippen LogP contribution in [0, 0.1) is 0 Å². The number of hydrogen-bond donors (Lipinski definition) is 1. The second kappa shape index (κ2) is 8.35. The molecule has 0 saturated carbocycles. The molecule has 8 heteroatoms. The van der Waals surface area contributed by atoms with Crippen molar-refractivity contribution < 1.29 is 19.0 Å². The van der Waals surface area contributed by atoms with Crippen molar-refractivity contribution in [2.45, 2.75) is 6.92 Å². The summed E-state index contributed by atoms with van der Waals surface area (Å²) in [6.45, 7) is 1.48. The number of fused-ring (bicyclic) bond motifs is 1. The molecule has 0 aliphatic heterocycles. The van der Waals surface area contributed by atoms with Crippen LogP contribution < -0.4 is 19.5 Å². The Kier molecular flexibility index (Phi) is 5.44. The van der Waals surface area contributed by atoms with Gasteiger partial charge < -0.3 is 19.5 Å². The first kappa shape index (κ1) is 20.2. The zero-order valence-corrected chi connectivity index (χ0v) is 17.7. The minimum atomic E-state index is -0.125. The summed E-state index contributed by atoms with van der Waals surface area (Å²) in [5, 5.41) is 2.79. The zero-order valence-electron chi connectivity index (χ0n) is 17.7. The van der Waals surface area contributed by atoms with E-state index >= 15 is 0 Å². The van der Waals surface area contributed by atoms with Crippen LogP contribution in [0.25, 0.3) is 28.2 Å². The quantitative estimate of drug-likeness (QED) is 0.508. The van der Waals surface area contributed by atoms with Crippen LogP contribution in [0.1, 0.15) is 6.92 Å². The summed E-state index contributed by atoms with van der Waals surface area (Å²) in [5.74, 6) is 1.52. The van der Waals surface area contributed by atoms with Gasteiger partial charge in [-0.3, -0.25) is 14.2 Å². The molecule has 0 fully saturated rings. The highest BCUT2D eigenvalue weighted by Crippen LogP contribution is 2.41. The van der Waals surface area contributed by atoms with E-state index in [0.717, 1.165) is 22.5 Å². The van der Waals surface area contributed by atoms with Crippen LogP contribution in [0.15, 0.2) is 55.0 Å². The number of methoxy groups -OCH3 is 3. The number of nitrogens with one attached hydrogen (secondary N) is 1. The van der Waals surface area contributed by atoms with Crippen molar-refractivity contribution >= 4 is 17.2 Å². The van der Waals surface area contributed by atoms with Gasteiger partial charge in [0.1, 0.15) is 0 Å². The number of hydrogen-bond acceptors (Lipinski definition) is 6. The fraction of sp³-hybridized carbons (Fsp3) is 0.174. The van der Waals surface area contributed by atoms with Gasteiger partial charge in [0, 0.05) is 29.9 Å². The zero-order chi connectivity index (χ0) is 22.0. The van der Waals surface area contributed by atoms with E-state index < -0.39 is 0 Å². The molecule has 31 heavy (non-hydrogen) atoms. The van der Waals surface area contributed by atoms with Crippen LogP contribution >= 0.6 is 0 Å². The van der Waals surface area contributed by atoms with E-state index in [1.165, 1.54) is 6.92 Å². The maximum atomic E-state index is 11.4. The van der Waals surface area contributed by atoms with Gasteiger partial charge in [0.05, 0.1) is 45.1 Å². The van der Waals surface area contributed by atoms with Crippen molar-refractivity contribution in [3.8, 4) is 39.8 Å². The first-order valence-corrected chi connectivity index (χ1v) is 9.55. The molecule has 2 aromatic carbocycles. The molecule has 2 aromatic heterocycles. The molecule has 158 valence electrons. The summed E-state index contributed by atoms with van der Waals surface area (Å²) >= 11 is 0. The van der Waals surface area contributed by atoms with Crippen molar-refractivity contribution in [1.29, 1.82) is 0 Å². The fourth-order valence-corrected chi connectivity index (χ4v) is 3.44. The van der Waals surface area contributed by atoms with E-state index in [0.29, 0.717) is 28.6 Å². The highest BCUT2D eigenvalue weighted by atomic mass is 16.5. The second-order valence-corrected chi connectivity index (χ2v) is 6.82. The van der Waals surface area contributed by atoms with E-state index in [1.54, 1.807) is 33.7 Å². The van der Waals surface area contributed by atoms with Gasteiger partial charge in [-0.15, -0.1) is 0 Å². The molecule has 0 unspecified atom stereocenters. The van der Waals surface area contributed by atoms with Crippen LogP contribution in [0.5, 0.6) is 17.2 Å². The molecule has 0 saturated heterocycles. The molecule has 1 N–H and O–H groups in total. The van der Waals surface area contributed by atoms with E-state index in [4.69, 9.17) is 14.2 Å². The minimum absolute atomic E-state index is 0.125. The summed E-state index contributed by atoms with van der Waals surface area (Å²) in [4.78, 5) is 20.4. The number of carbonyl (C=O) groups is 1. The molecular weight excluding hydrogens is 396 g/mol. The Bertz CT molecular complexity index is 1240. The van der Waals surface area contributed by atoms with E-state index in [-0.39, 0.29) is 5.91 Å². The molecule has 8 nitrogen and oxygen atoms in total. The summed E-state index contributed by atoms with van der Waals surface area (Å²) in [5.41, 5.74) is 4.72. The molecule has 0 aliphatic rings. The summed E-state index contributed by atoms with van der Waals surface area (Å²) in [7, 11) is 4.74. The van der Waals surface area contributed by atoms with Crippen molar-refractivity contribution in [2.75, 3.05) is 26.6 Å². The molecular formula is C23H22N4O4. The SMILES string of the molecule is COc1cc(-c2cnc3cnc(-c4cccc(NC(C)=O)c4)cn23)cc(OC)c1OC. The predicted octanol–water partition coefficient (Wildman–Crippen LogP) is 4.05. The molecule has 1 amide bonds. The maximum absolute atomic E-state index is 11.4. The second-order valence-electron chi connectivity index (χ2n) is 6.82. The largest absolute Gasteiger partial charge is 0.493 e. The van der Waals surface area contributed by atoms with Crippen molar-refractivity contribution in [2.24, 2.45) is 0 Å². The van der Waals surface area contributed by atoms with Crippen LogP contribution in [0.4, 0.5) is 5.69 Å². The molecule has 4 aromatic rings. The lowest BCUT2D eigenvalue weighted by Crippen LogP contribution is -2.05. The van der Waals surface area contributed by atoms with Gasteiger partial charge in [-0.2, -0.15) is 0 Å². The topological polar surface area (TPSA) is 87.0 Å². The minimum Gasteiger partial charge on any atom is -0.493 e. The van der Waals surface area contributed by atoms with E-state index in [1.807, 2.05) is 47.0 Å². The smallest absolute Gasteiger partial charge is 0.221 e. The van der Waals surface area contributed by atoms with Crippen LogP contribution in [0.2, 0.25) is 0 Å². The first-order chi connectivity index (χ1) is 15.0. The lowest BCUT2D eigenvalue weighted by molar-refractivity contribution is -0.114. The highest BCUT2D eigenvalue weighted by molar-refractivity contribution is 5.89. The number of anilines is 1. The van der Waals surface area contributed by atoms with Gasteiger partial charge in [-0.25, -0.2) is 4.98 Å². The number of carbonyl (C=O) groups excluding carboxylic acids is 1. The predicted molar refractivity (Wildman–Crippen MR) is 118 cm³/mol. The number of benzene rings is 2. The van der Waals surface area contributed by atoms with E-state index in [2.05, 4.69) is 15.3 Å². The third kappa shape index (κ3) is 3.87. The third-order valence-electron chi connectivity index (χ3n) is 4.84. The maximum Gasteiger partial charge on any atom is 0.221 e. The average Bonchev–Trinajstić information content (AvgIpc) is 3.21. The van der Waals surface area contributed by atoms with Gasteiger partial charge in [-0.05, 0) is 24.3 Å². The first-order valence-electron chi connectivity index (χ1n) is 9.55. The van der Waals surface area contributed by atoms with Crippen molar-refractivity contribution in [1.82, 2.24) is 14.4 Å². The molecule has 0 aliphatic carbocycles. The number of nitrogens with zero attached hydrogens (tertiary/aromatic N) is 3. The number of rotatable bonds is 6. The van der Waals surface area contributed by atoms with Gasteiger partial charge in [0.25, 0.3) is 0 Å². The number of aromatic nitrogens is 3. The van der Waals surface area contributed by atoms with Crippen molar-refractivity contribution in [3.63, 3.8) is 0 Å². The number of amides is 1. The Morgan fingerprint density at radius 3 is 2.32 bits per heavy atom.